The van der Waals surface area contributed by atoms with Gasteiger partial charge in [-0.1, -0.05) is 17.3 Å². The molecule has 1 amide bonds. The molecule has 39 heavy (non-hydrogen) atoms. The average molecular weight is 533 g/mol. The predicted molar refractivity (Wildman–Crippen MR) is 149 cm³/mol. The van der Waals surface area contributed by atoms with E-state index in [9.17, 15) is 4.79 Å². The lowest BCUT2D eigenvalue weighted by atomic mass is 9.97. The van der Waals surface area contributed by atoms with Gasteiger partial charge in [-0.15, -0.1) is 0 Å². The summed E-state index contributed by atoms with van der Waals surface area (Å²) in [5.74, 6) is 2.22. The number of carbonyl (C=O) groups is 1. The number of nitrogens with one attached hydrogen (secondary N) is 1. The maximum absolute atomic E-state index is 13.5. The lowest BCUT2D eigenvalue weighted by Gasteiger charge is -2.24. The van der Waals surface area contributed by atoms with Crippen LogP contribution >= 0.6 is 0 Å². The molecule has 1 aliphatic heterocycles. The van der Waals surface area contributed by atoms with E-state index in [4.69, 9.17) is 29.3 Å². The van der Waals surface area contributed by atoms with Crippen LogP contribution in [0.5, 0.6) is 23.0 Å². The molecule has 1 atom stereocenters. The van der Waals surface area contributed by atoms with E-state index in [2.05, 4.69) is 10.5 Å². The molecule has 0 aromatic heterocycles. The summed E-state index contributed by atoms with van der Waals surface area (Å²) < 4.78 is 21.9. The second-order valence-corrected chi connectivity index (χ2v) is 8.80. The number of ether oxygens (including phenoxy) is 4. The summed E-state index contributed by atoms with van der Waals surface area (Å²) in [7, 11) is 6.34. The Morgan fingerprint density at radius 1 is 0.949 bits per heavy atom. The molecule has 204 valence electrons. The third-order valence-electron chi connectivity index (χ3n) is 6.58. The van der Waals surface area contributed by atoms with Crippen molar-refractivity contribution in [2.45, 2.75) is 19.4 Å². The summed E-state index contributed by atoms with van der Waals surface area (Å²) in [5, 5.41) is 21.6. The highest BCUT2D eigenvalue weighted by Crippen LogP contribution is 2.40. The Bertz CT molecular complexity index is 1390. The molecule has 4 rings (SSSR count). The molecule has 1 unspecified atom stereocenters. The summed E-state index contributed by atoms with van der Waals surface area (Å²) in [4.78, 5) is 13.5. The Morgan fingerprint density at radius 2 is 1.67 bits per heavy atom. The molecule has 3 aromatic rings. The number of hydrogen-bond donors (Lipinski definition) is 2. The summed E-state index contributed by atoms with van der Waals surface area (Å²) in [6, 6.07) is 18.0. The van der Waals surface area contributed by atoms with Crippen molar-refractivity contribution < 1.29 is 28.9 Å². The monoisotopic (exact) mass is 532 g/mol. The minimum atomic E-state index is -0.394. The van der Waals surface area contributed by atoms with Gasteiger partial charge >= 0.3 is 0 Å². The van der Waals surface area contributed by atoms with Gasteiger partial charge in [0.2, 0.25) is 0 Å². The first-order valence-electron chi connectivity index (χ1n) is 12.3. The second kappa shape index (κ2) is 12.2. The molecule has 1 heterocycles. The number of carbonyl (C=O) groups excluding carboxylic acids is 1. The van der Waals surface area contributed by atoms with E-state index in [1.165, 1.54) is 5.01 Å². The molecule has 3 aromatic carbocycles. The van der Waals surface area contributed by atoms with Gasteiger partial charge in [-0.25, -0.2) is 5.01 Å². The quantitative estimate of drug-likeness (QED) is 0.221. The van der Waals surface area contributed by atoms with E-state index in [0.717, 1.165) is 28.1 Å². The van der Waals surface area contributed by atoms with Crippen LogP contribution in [0.2, 0.25) is 0 Å². The van der Waals surface area contributed by atoms with Crippen LogP contribution in [0.25, 0.3) is 0 Å². The van der Waals surface area contributed by atoms with E-state index in [1.54, 1.807) is 41.4 Å². The van der Waals surface area contributed by atoms with Crippen molar-refractivity contribution >= 4 is 23.0 Å². The molecule has 10 heteroatoms. The highest BCUT2D eigenvalue weighted by Gasteiger charge is 2.35. The molecule has 2 N–H and O–H groups in total. The van der Waals surface area contributed by atoms with Crippen molar-refractivity contribution in [2.24, 2.45) is 10.3 Å². The molecular formula is C29H32N4O6. The molecule has 10 nitrogen and oxygen atoms in total. The lowest BCUT2D eigenvalue weighted by molar-refractivity contribution is -0.131. The molecule has 0 fully saturated rings. The smallest absolute Gasteiger partial charge is 0.262 e. The van der Waals surface area contributed by atoms with Gasteiger partial charge in [0.05, 0.1) is 52.4 Å². The first kappa shape index (κ1) is 27.3. The van der Waals surface area contributed by atoms with Crippen LogP contribution in [0.4, 0.5) is 5.69 Å². The van der Waals surface area contributed by atoms with Crippen LogP contribution in [0.15, 0.2) is 70.9 Å². The number of methoxy groups -OCH3 is 4. The molecule has 0 saturated carbocycles. The molecule has 0 spiro atoms. The number of amides is 1. The van der Waals surface area contributed by atoms with Gasteiger partial charge < -0.3 is 29.5 Å². The minimum absolute atomic E-state index is 0.0180. The van der Waals surface area contributed by atoms with Crippen LogP contribution in [0.3, 0.4) is 0 Å². The number of oxime groups is 1. The number of hydrogen-bond acceptors (Lipinski definition) is 9. The zero-order valence-electron chi connectivity index (χ0n) is 22.6. The lowest BCUT2D eigenvalue weighted by Crippen LogP contribution is -2.32. The Hall–Kier alpha value is -4.73. The maximum atomic E-state index is 13.5. The SMILES string of the molecule is COc1ccc(C2CC(c3ccc(OC)c(OC)c3)=NN2C(=O)CNc2ccc(/C(C)=N/O)cc2)c(OC)c1. The van der Waals surface area contributed by atoms with Crippen LogP contribution in [-0.2, 0) is 4.79 Å². The molecule has 0 bridgehead atoms. The van der Waals surface area contributed by atoms with Crippen molar-refractivity contribution in [3.05, 3.63) is 77.4 Å². The van der Waals surface area contributed by atoms with Crippen molar-refractivity contribution in [1.29, 1.82) is 0 Å². The Labute approximate surface area is 227 Å². The first-order chi connectivity index (χ1) is 18.9. The third kappa shape index (κ3) is 5.90. The molecular weight excluding hydrogens is 500 g/mol. The van der Waals surface area contributed by atoms with Gasteiger partial charge in [-0.3, -0.25) is 4.79 Å². The highest BCUT2D eigenvalue weighted by atomic mass is 16.5. The van der Waals surface area contributed by atoms with Gasteiger partial charge in [0.15, 0.2) is 11.5 Å². The maximum Gasteiger partial charge on any atom is 0.262 e. The minimum Gasteiger partial charge on any atom is -0.497 e. The fourth-order valence-corrected chi connectivity index (χ4v) is 4.41. The second-order valence-electron chi connectivity index (χ2n) is 8.80. The first-order valence-corrected chi connectivity index (χ1v) is 12.3. The summed E-state index contributed by atoms with van der Waals surface area (Å²) in [6.45, 7) is 1.73. The standard InChI is InChI=1S/C29H32N4O6/c1-18(32-35)19-6-9-21(10-7-19)30-17-29(34)33-25(23-12-11-22(36-2)15-27(23)38-4)16-24(31-33)20-8-13-26(37-3)28(14-20)39-5/h6-15,25,30,35H,16-17H2,1-5H3/b32-18+. The number of benzene rings is 3. The third-order valence-corrected chi connectivity index (χ3v) is 6.58. The number of hydrazone groups is 1. The zero-order chi connectivity index (χ0) is 27.9. The molecule has 1 aliphatic rings. The Balaban J connectivity index is 1.63. The van der Waals surface area contributed by atoms with Gasteiger partial charge in [-0.05, 0) is 55.0 Å². The highest BCUT2D eigenvalue weighted by molar-refractivity contribution is 6.04. The normalized spacial score (nSPS) is 15.0. The van der Waals surface area contributed by atoms with Gasteiger partial charge in [0.25, 0.3) is 5.91 Å². The Kier molecular flexibility index (Phi) is 8.55. The van der Waals surface area contributed by atoms with Crippen LogP contribution < -0.4 is 24.3 Å². The fraction of sp³-hybridized carbons (Fsp3) is 0.276. The van der Waals surface area contributed by atoms with E-state index in [1.807, 2.05) is 54.6 Å². The van der Waals surface area contributed by atoms with Crippen LogP contribution in [0.1, 0.15) is 36.1 Å². The average Bonchev–Trinajstić information content (AvgIpc) is 3.44. The summed E-state index contributed by atoms with van der Waals surface area (Å²) in [6.07, 6.45) is 0.471. The van der Waals surface area contributed by atoms with Crippen LogP contribution in [0, 0.1) is 0 Å². The van der Waals surface area contributed by atoms with E-state index < -0.39 is 6.04 Å². The predicted octanol–water partition coefficient (Wildman–Crippen LogP) is 4.71. The number of anilines is 1. The van der Waals surface area contributed by atoms with Crippen molar-refractivity contribution in [1.82, 2.24) is 5.01 Å². The molecule has 0 aliphatic carbocycles. The van der Waals surface area contributed by atoms with Crippen molar-refractivity contribution in [3.8, 4) is 23.0 Å². The molecule has 0 radical (unpaired) electrons. The van der Waals surface area contributed by atoms with Crippen LogP contribution in [-0.4, -0.2) is 62.5 Å². The van der Waals surface area contributed by atoms with E-state index in [0.29, 0.717) is 35.1 Å². The summed E-state index contributed by atoms with van der Waals surface area (Å²) >= 11 is 0. The zero-order valence-corrected chi connectivity index (χ0v) is 22.6. The van der Waals surface area contributed by atoms with E-state index >= 15 is 0 Å². The topological polar surface area (TPSA) is 114 Å². The number of nitrogens with zero attached hydrogens (tertiary/aromatic N) is 3. The van der Waals surface area contributed by atoms with Gasteiger partial charge in [0.1, 0.15) is 11.5 Å². The molecule has 0 saturated heterocycles. The van der Waals surface area contributed by atoms with Gasteiger partial charge in [-0.2, -0.15) is 5.10 Å². The fourth-order valence-electron chi connectivity index (χ4n) is 4.41. The van der Waals surface area contributed by atoms with E-state index in [-0.39, 0.29) is 12.5 Å². The van der Waals surface area contributed by atoms with Crippen molar-refractivity contribution in [3.63, 3.8) is 0 Å². The number of rotatable bonds is 10. The van der Waals surface area contributed by atoms with Crippen molar-refractivity contribution in [2.75, 3.05) is 40.3 Å². The largest absolute Gasteiger partial charge is 0.497 e. The summed E-state index contributed by atoms with van der Waals surface area (Å²) in [5.41, 5.74) is 4.40. The van der Waals surface area contributed by atoms with Gasteiger partial charge in [0, 0.05) is 29.3 Å². The Morgan fingerprint density at radius 3 is 2.31 bits per heavy atom.